The number of hydrogen-bond acceptors (Lipinski definition) is 4. The highest BCUT2D eigenvalue weighted by molar-refractivity contribution is 6.30. The van der Waals surface area contributed by atoms with Crippen LogP contribution in [0.3, 0.4) is 0 Å². The Balaban J connectivity index is 1.68. The number of ether oxygens (including phenoxy) is 2. The molecule has 2 heterocycles. The minimum atomic E-state index is -0.0590. The van der Waals surface area contributed by atoms with Gasteiger partial charge in [-0.3, -0.25) is 4.90 Å². The lowest BCUT2D eigenvalue weighted by Gasteiger charge is -2.56. The van der Waals surface area contributed by atoms with Gasteiger partial charge in [-0.15, -0.1) is 0 Å². The molecule has 162 valence electrons. The zero-order valence-electron chi connectivity index (χ0n) is 18.0. The van der Waals surface area contributed by atoms with Gasteiger partial charge in [-0.2, -0.15) is 0 Å². The van der Waals surface area contributed by atoms with Crippen molar-refractivity contribution < 1.29 is 9.47 Å². The quantitative estimate of drug-likeness (QED) is 0.755. The number of nitrogens with zero attached hydrogens (tertiary/aromatic N) is 1. The van der Waals surface area contributed by atoms with E-state index < -0.39 is 0 Å². The molecular formula is C25H33ClN2O2. The van der Waals surface area contributed by atoms with Crippen molar-refractivity contribution in [2.24, 2.45) is 0 Å². The van der Waals surface area contributed by atoms with Crippen LogP contribution in [0.5, 0.6) is 0 Å². The SMILES string of the molecule is CO[C@H]1CNCC[C@]1(Cc1ccccc1)N1C[C@H](C)OC[C@@H]1Cc1ccc(Cl)cc1. The van der Waals surface area contributed by atoms with Gasteiger partial charge in [-0.1, -0.05) is 54.1 Å². The number of hydrogen-bond donors (Lipinski definition) is 1. The van der Waals surface area contributed by atoms with E-state index in [4.69, 9.17) is 21.1 Å². The lowest BCUT2D eigenvalue weighted by atomic mass is 9.76. The molecule has 1 N–H and O–H groups in total. The van der Waals surface area contributed by atoms with Crippen molar-refractivity contribution in [2.45, 2.75) is 50.0 Å². The van der Waals surface area contributed by atoms with Crippen LogP contribution in [0.15, 0.2) is 54.6 Å². The van der Waals surface area contributed by atoms with Crippen LogP contribution in [0.2, 0.25) is 5.02 Å². The van der Waals surface area contributed by atoms with E-state index in [9.17, 15) is 0 Å². The van der Waals surface area contributed by atoms with Gasteiger partial charge in [-0.25, -0.2) is 0 Å². The van der Waals surface area contributed by atoms with Gasteiger partial charge >= 0.3 is 0 Å². The molecule has 2 aliphatic heterocycles. The van der Waals surface area contributed by atoms with Crippen molar-refractivity contribution in [2.75, 3.05) is 33.4 Å². The van der Waals surface area contributed by atoms with Crippen LogP contribution < -0.4 is 5.32 Å². The van der Waals surface area contributed by atoms with Crippen LogP contribution in [-0.2, 0) is 22.3 Å². The topological polar surface area (TPSA) is 33.7 Å². The fourth-order valence-corrected chi connectivity index (χ4v) is 5.35. The molecule has 2 aliphatic rings. The van der Waals surface area contributed by atoms with Crippen LogP contribution in [0.1, 0.15) is 24.5 Å². The molecular weight excluding hydrogens is 396 g/mol. The summed E-state index contributed by atoms with van der Waals surface area (Å²) in [5.74, 6) is 0. The molecule has 0 aromatic heterocycles. The van der Waals surface area contributed by atoms with Crippen molar-refractivity contribution in [3.63, 3.8) is 0 Å². The Morgan fingerprint density at radius 3 is 2.63 bits per heavy atom. The Kier molecular flexibility index (Phi) is 7.12. The number of rotatable bonds is 6. The van der Waals surface area contributed by atoms with E-state index in [1.54, 1.807) is 0 Å². The summed E-state index contributed by atoms with van der Waals surface area (Å²) >= 11 is 6.12. The normalized spacial score (nSPS) is 30.3. The largest absolute Gasteiger partial charge is 0.378 e. The molecule has 0 saturated carbocycles. The lowest BCUT2D eigenvalue weighted by molar-refractivity contribution is -0.147. The molecule has 0 amide bonds. The van der Waals surface area contributed by atoms with Crippen molar-refractivity contribution in [3.8, 4) is 0 Å². The van der Waals surface area contributed by atoms with Gasteiger partial charge in [0.2, 0.25) is 0 Å². The Morgan fingerprint density at radius 1 is 1.13 bits per heavy atom. The first-order valence-electron chi connectivity index (χ1n) is 11.0. The molecule has 4 rings (SSSR count). The third-order valence-electron chi connectivity index (χ3n) is 6.73. The minimum absolute atomic E-state index is 0.0590. The van der Waals surface area contributed by atoms with Gasteiger partial charge < -0.3 is 14.8 Å². The fourth-order valence-electron chi connectivity index (χ4n) is 5.22. The van der Waals surface area contributed by atoms with E-state index in [2.05, 4.69) is 59.6 Å². The summed E-state index contributed by atoms with van der Waals surface area (Å²) < 4.78 is 12.3. The van der Waals surface area contributed by atoms with Gasteiger partial charge in [-0.05, 0) is 56.0 Å². The third kappa shape index (κ3) is 4.74. The average Bonchev–Trinajstić information content (AvgIpc) is 2.77. The van der Waals surface area contributed by atoms with Gasteiger partial charge in [0.1, 0.15) is 0 Å². The zero-order valence-corrected chi connectivity index (χ0v) is 18.8. The Morgan fingerprint density at radius 2 is 1.90 bits per heavy atom. The highest BCUT2D eigenvalue weighted by Crippen LogP contribution is 2.36. The summed E-state index contributed by atoms with van der Waals surface area (Å²) in [4.78, 5) is 2.72. The first-order chi connectivity index (χ1) is 14.6. The molecule has 0 unspecified atom stereocenters. The van der Waals surface area contributed by atoms with Crippen LogP contribution in [-0.4, -0.2) is 62.0 Å². The standard InChI is InChI=1S/C25H33ClN2O2/c1-19-17-28(23(18-30-19)14-20-8-10-22(26)11-9-20)25(12-13-27-16-24(25)29-2)15-21-6-4-3-5-7-21/h3-11,19,23-24,27H,12-18H2,1-2H3/t19-,23-,24-,25+/m0/s1. The number of benzene rings is 2. The number of methoxy groups -OCH3 is 1. The molecule has 5 heteroatoms. The molecule has 4 nitrogen and oxygen atoms in total. The predicted molar refractivity (Wildman–Crippen MR) is 122 cm³/mol. The molecule has 0 spiro atoms. The lowest BCUT2D eigenvalue weighted by Crippen LogP contribution is -2.70. The molecule has 4 atom stereocenters. The van der Waals surface area contributed by atoms with Gasteiger partial charge in [0.15, 0.2) is 0 Å². The Labute approximate surface area is 185 Å². The second-order valence-corrected chi connectivity index (χ2v) is 9.16. The molecule has 0 radical (unpaired) electrons. The van der Waals surface area contributed by atoms with Crippen molar-refractivity contribution in [1.82, 2.24) is 10.2 Å². The first-order valence-corrected chi connectivity index (χ1v) is 11.4. The third-order valence-corrected chi connectivity index (χ3v) is 6.98. The molecule has 2 fully saturated rings. The Hall–Kier alpha value is -1.43. The summed E-state index contributed by atoms with van der Waals surface area (Å²) in [6.45, 7) is 5.73. The second kappa shape index (κ2) is 9.80. The molecule has 0 aliphatic carbocycles. The maximum absolute atomic E-state index is 6.15. The molecule has 30 heavy (non-hydrogen) atoms. The van der Waals surface area contributed by atoms with Crippen molar-refractivity contribution in [3.05, 3.63) is 70.7 Å². The predicted octanol–water partition coefficient (Wildman–Crippen LogP) is 3.96. The van der Waals surface area contributed by atoms with Crippen molar-refractivity contribution in [1.29, 1.82) is 0 Å². The maximum Gasteiger partial charge on any atom is 0.0882 e. The summed E-state index contributed by atoms with van der Waals surface area (Å²) in [6.07, 6.45) is 3.34. The van der Waals surface area contributed by atoms with Gasteiger partial charge in [0.25, 0.3) is 0 Å². The van der Waals surface area contributed by atoms with E-state index in [1.165, 1.54) is 11.1 Å². The Bertz CT molecular complexity index is 801. The van der Waals surface area contributed by atoms with Gasteiger partial charge in [0.05, 0.1) is 24.4 Å². The monoisotopic (exact) mass is 428 g/mol. The van der Waals surface area contributed by atoms with E-state index >= 15 is 0 Å². The fraction of sp³-hybridized carbons (Fsp3) is 0.520. The first kappa shape index (κ1) is 21.8. The number of morpholine rings is 1. The highest BCUT2D eigenvalue weighted by Gasteiger charge is 2.49. The average molecular weight is 429 g/mol. The van der Waals surface area contributed by atoms with E-state index in [0.717, 1.165) is 50.5 Å². The van der Waals surface area contributed by atoms with E-state index in [-0.39, 0.29) is 17.7 Å². The maximum atomic E-state index is 6.15. The van der Waals surface area contributed by atoms with Crippen LogP contribution in [0.4, 0.5) is 0 Å². The van der Waals surface area contributed by atoms with E-state index in [1.807, 2.05) is 19.2 Å². The molecule has 2 saturated heterocycles. The summed E-state index contributed by atoms with van der Waals surface area (Å²) in [6, 6.07) is 19.4. The van der Waals surface area contributed by atoms with Crippen LogP contribution >= 0.6 is 11.6 Å². The summed E-state index contributed by atoms with van der Waals surface area (Å²) in [7, 11) is 1.86. The summed E-state index contributed by atoms with van der Waals surface area (Å²) in [5.41, 5.74) is 2.60. The molecule has 2 aromatic carbocycles. The van der Waals surface area contributed by atoms with Crippen molar-refractivity contribution >= 4 is 11.6 Å². The highest BCUT2D eigenvalue weighted by atomic mass is 35.5. The second-order valence-electron chi connectivity index (χ2n) is 8.73. The van der Waals surface area contributed by atoms with Crippen LogP contribution in [0, 0.1) is 0 Å². The summed E-state index contributed by atoms with van der Waals surface area (Å²) in [5, 5.41) is 4.33. The molecule has 0 bridgehead atoms. The van der Waals surface area contributed by atoms with Crippen LogP contribution in [0.25, 0.3) is 0 Å². The number of halogens is 1. The number of nitrogens with one attached hydrogen (secondary N) is 1. The zero-order chi connectivity index (χ0) is 21.0. The molecule has 2 aromatic rings. The van der Waals surface area contributed by atoms with E-state index in [0.29, 0.717) is 6.04 Å². The smallest absolute Gasteiger partial charge is 0.0882 e. The van der Waals surface area contributed by atoms with Gasteiger partial charge in [0, 0.05) is 31.3 Å². The minimum Gasteiger partial charge on any atom is -0.378 e. The number of piperidine rings is 1.